The van der Waals surface area contributed by atoms with E-state index in [1.807, 2.05) is 19.1 Å². The molecule has 4 nitrogen and oxygen atoms in total. The van der Waals surface area contributed by atoms with Crippen LogP contribution >= 0.6 is 31.9 Å². The second-order valence-corrected chi connectivity index (χ2v) is 6.74. The molecule has 20 heavy (non-hydrogen) atoms. The third-order valence-corrected chi connectivity index (χ3v) is 4.50. The minimum atomic E-state index is 0.0251. The van der Waals surface area contributed by atoms with Crippen LogP contribution in [0.4, 0.5) is 5.69 Å². The lowest BCUT2D eigenvalue weighted by Crippen LogP contribution is -2.35. The molecule has 1 aliphatic heterocycles. The second kappa shape index (κ2) is 7.54. The van der Waals surface area contributed by atoms with Crippen LogP contribution in [0.1, 0.15) is 12.0 Å². The fourth-order valence-electron chi connectivity index (χ4n) is 2.26. The average molecular weight is 405 g/mol. The minimum Gasteiger partial charge on any atom is -0.323 e. The summed E-state index contributed by atoms with van der Waals surface area (Å²) in [5, 5.41) is 6.31. The van der Waals surface area contributed by atoms with Gasteiger partial charge < -0.3 is 10.6 Å². The summed E-state index contributed by atoms with van der Waals surface area (Å²) in [4.78, 5) is 14.4. The van der Waals surface area contributed by atoms with Crippen LogP contribution in [0.5, 0.6) is 0 Å². The summed E-state index contributed by atoms with van der Waals surface area (Å²) >= 11 is 6.99. The van der Waals surface area contributed by atoms with Gasteiger partial charge in [0.05, 0.1) is 12.2 Å². The summed E-state index contributed by atoms with van der Waals surface area (Å²) in [7, 11) is 0. The van der Waals surface area contributed by atoms with Crippen LogP contribution in [0.25, 0.3) is 0 Å². The molecule has 0 aliphatic carbocycles. The third-order valence-electron chi connectivity index (χ3n) is 3.25. The number of carbonyl (C=O) groups excluding carboxylic acids is 1. The number of aryl methyl sites for hydroxylation is 1. The van der Waals surface area contributed by atoms with Gasteiger partial charge in [0.25, 0.3) is 0 Å². The first-order valence-corrected chi connectivity index (χ1v) is 8.33. The maximum Gasteiger partial charge on any atom is 0.238 e. The van der Waals surface area contributed by atoms with Crippen LogP contribution < -0.4 is 10.6 Å². The van der Waals surface area contributed by atoms with E-state index in [0.29, 0.717) is 6.54 Å². The van der Waals surface area contributed by atoms with Gasteiger partial charge in [-0.3, -0.25) is 9.69 Å². The zero-order valence-corrected chi connectivity index (χ0v) is 14.7. The summed E-state index contributed by atoms with van der Waals surface area (Å²) in [5.41, 5.74) is 1.94. The van der Waals surface area contributed by atoms with Crippen LogP contribution in [0.2, 0.25) is 0 Å². The lowest BCUT2D eigenvalue weighted by molar-refractivity contribution is -0.117. The Bertz CT molecular complexity index is 462. The summed E-state index contributed by atoms with van der Waals surface area (Å²) < 4.78 is 1.80. The molecule has 1 saturated heterocycles. The summed E-state index contributed by atoms with van der Waals surface area (Å²) in [6, 6.07) is 3.99. The minimum absolute atomic E-state index is 0.0251. The Kier molecular flexibility index (Phi) is 6.01. The highest BCUT2D eigenvalue weighted by Gasteiger charge is 2.15. The first-order chi connectivity index (χ1) is 9.56. The predicted molar refractivity (Wildman–Crippen MR) is 89.1 cm³/mol. The van der Waals surface area contributed by atoms with Crippen LogP contribution in [0.3, 0.4) is 0 Å². The van der Waals surface area contributed by atoms with Crippen molar-refractivity contribution >= 4 is 43.5 Å². The smallest absolute Gasteiger partial charge is 0.238 e. The molecule has 1 aromatic carbocycles. The maximum absolute atomic E-state index is 12.2. The molecule has 0 saturated carbocycles. The molecule has 6 heteroatoms. The molecule has 110 valence electrons. The number of hydrogen-bond donors (Lipinski definition) is 2. The van der Waals surface area contributed by atoms with E-state index in [-0.39, 0.29) is 5.91 Å². The number of benzene rings is 1. The predicted octanol–water partition coefficient (Wildman–Crippen LogP) is 2.75. The van der Waals surface area contributed by atoms with Crippen LogP contribution in [-0.2, 0) is 4.79 Å². The Morgan fingerprint density at radius 2 is 2.00 bits per heavy atom. The van der Waals surface area contributed by atoms with E-state index in [2.05, 4.69) is 47.4 Å². The van der Waals surface area contributed by atoms with E-state index in [0.717, 1.165) is 52.8 Å². The molecule has 0 bridgehead atoms. The number of nitrogens with zero attached hydrogens (tertiary/aromatic N) is 1. The Morgan fingerprint density at radius 3 is 2.70 bits per heavy atom. The Labute approximate surface area is 136 Å². The highest BCUT2D eigenvalue weighted by atomic mass is 79.9. The van der Waals surface area contributed by atoms with Crippen LogP contribution in [0, 0.1) is 6.92 Å². The molecule has 2 rings (SSSR count). The highest BCUT2D eigenvalue weighted by Crippen LogP contribution is 2.32. The van der Waals surface area contributed by atoms with E-state index >= 15 is 0 Å². The lowest BCUT2D eigenvalue weighted by Gasteiger charge is -2.19. The molecule has 2 N–H and O–H groups in total. The molecule has 1 fully saturated rings. The molecule has 0 aromatic heterocycles. The van der Waals surface area contributed by atoms with Gasteiger partial charge in [-0.05, 0) is 76.0 Å². The quantitative estimate of drug-likeness (QED) is 0.813. The molecule has 1 aromatic rings. The zero-order chi connectivity index (χ0) is 14.5. The topological polar surface area (TPSA) is 44.4 Å². The molecule has 0 unspecified atom stereocenters. The van der Waals surface area contributed by atoms with Gasteiger partial charge in [0.1, 0.15) is 0 Å². The SMILES string of the molecule is Cc1cc(Br)c(NC(=O)CN2CCCNCC2)c(Br)c1. The highest BCUT2D eigenvalue weighted by molar-refractivity contribution is 9.11. The van der Waals surface area contributed by atoms with Gasteiger partial charge in [-0.25, -0.2) is 0 Å². The van der Waals surface area contributed by atoms with E-state index in [4.69, 9.17) is 0 Å². The van der Waals surface area contributed by atoms with Crippen molar-refractivity contribution < 1.29 is 4.79 Å². The molecular formula is C14H19Br2N3O. The number of carbonyl (C=O) groups is 1. The van der Waals surface area contributed by atoms with Crippen molar-refractivity contribution in [3.63, 3.8) is 0 Å². The van der Waals surface area contributed by atoms with Gasteiger partial charge in [-0.1, -0.05) is 0 Å². The van der Waals surface area contributed by atoms with Crippen molar-refractivity contribution in [1.82, 2.24) is 10.2 Å². The Morgan fingerprint density at radius 1 is 1.30 bits per heavy atom. The van der Waals surface area contributed by atoms with Crippen molar-refractivity contribution in [2.24, 2.45) is 0 Å². The zero-order valence-electron chi connectivity index (χ0n) is 11.5. The number of hydrogen-bond acceptors (Lipinski definition) is 3. The average Bonchev–Trinajstić information content (AvgIpc) is 2.62. The maximum atomic E-state index is 12.2. The summed E-state index contributed by atoms with van der Waals surface area (Å²) in [5.74, 6) is 0.0251. The first kappa shape index (κ1) is 15.9. The standard InChI is InChI=1S/C14H19Br2N3O/c1-10-7-11(15)14(12(16)8-10)18-13(20)9-19-5-2-3-17-4-6-19/h7-8,17H,2-6,9H2,1H3,(H,18,20). The number of nitrogens with one attached hydrogen (secondary N) is 2. The van der Waals surface area contributed by atoms with Gasteiger partial charge in [-0.2, -0.15) is 0 Å². The van der Waals surface area contributed by atoms with Gasteiger partial charge in [0.15, 0.2) is 0 Å². The summed E-state index contributed by atoms with van der Waals surface area (Å²) in [6.07, 6.45) is 1.09. The van der Waals surface area contributed by atoms with Gasteiger partial charge in [0.2, 0.25) is 5.91 Å². The van der Waals surface area contributed by atoms with E-state index in [9.17, 15) is 4.79 Å². The molecule has 0 atom stereocenters. The van der Waals surface area contributed by atoms with Gasteiger partial charge in [-0.15, -0.1) is 0 Å². The van der Waals surface area contributed by atoms with Crippen LogP contribution in [-0.4, -0.2) is 43.5 Å². The normalized spacial score (nSPS) is 16.8. The number of rotatable bonds is 3. The van der Waals surface area contributed by atoms with Crippen molar-refractivity contribution in [2.45, 2.75) is 13.3 Å². The number of halogens is 2. The lowest BCUT2D eigenvalue weighted by atomic mass is 10.2. The van der Waals surface area contributed by atoms with Crippen LogP contribution in [0.15, 0.2) is 21.1 Å². The van der Waals surface area contributed by atoms with Crippen molar-refractivity contribution in [1.29, 1.82) is 0 Å². The number of anilines is 1. The third kappa shape index (κ3) is 4.55. The second-order valence-electron chi connectivity index (χ2n) is 5.03. The molecule has 1 amide bonds. The molecular weight excluding hydrogens is 386 g/mol. The van der Waals surface area contributed by atoms with E-state index < -0.39 is 0 Å². The first-order valence-electron chi connectivity index (χ1n) is 6.75. The molecule has 0 spiro atoms. The van der Waals surface area contributed by atoms with E-state index in [1.54, 1.807) is 0 Å². The van der Waals surface area contributed by atoms with Crippen molar-refractivity contribution in [3.05, 3.63) is 26.6 Å². The Hall–Kier alpha value is -0.430. The largest absolute Gasteiger partial charge is 0.323 e. The summed E-state index contributed by atoms with van der Waals surface area (Å²) in [6.45, 7) is 6.33. The fraction of sp³-hybridized carbons (Fsp3) is 0.500. The molecule has 0 radical (unpaired) electrons. The van der Waals surface area contributed by atoms with Gasteiger partial charge in [0, 0.05) is 22.0 Å². The van der Waals surface area contributed by atoms with Crippen molar-refractivity contribution in [2.75, 3.05) is 38.0 Å². The number of amides is 1. The fourth-order valence-corrected chi connectivity index (χ4v) is 3.87. The molecule has 1 aliphatic rings. The Balaban J connectivity index is 1.97. The van der Waals surface area contributed by atoms with Gasteiger partial charge >= 0.3 is 0 Å². The van der Waals surface area contributed by atoms with E-state index in [1.165, 1.54) is 0 Å². The monoisotopic (exact) mass is 403 g/mol. The molecule has 1 heterocycles. The van der Waals surface area contributed by atoms with Crippen molar-refractivity contribution in [3.8, 4) is 0 Å².